The fourth-order valence-corrected chi connectivity index (χ4v) is 2.94. The zero-order chi connectivity index (χ0) is 13.4. The molecule has 22 heavy (non-hydrogen) atoms. The van der Waals surface area contributed by atoms with E-state index in [4.69, 9.17) is 0 Å². The number of nitrogens with zero attached hydrogens (tertiary/aromatic N) is 1. The van der Waals surface area contributed by atoms with Gasteiger partial charge in [-0.25, -0.2) is 0 Å². The zero-order valence-electron chi connectivity index (χ0n) is 12.2. The summed E-state index contributed by atoms with van der Waals surface area (Å²) in [7, 11) is 0.912. The lowest BCUT2D eigenvalue weighted by atomic mass is 9.82. The van der Waals surface area contributed by atoms with Crippen LogP contribution in [0.1, 0.15) is 0 Å². The summed E-state index contributed by atoms with van der Waals surface area (Å²) in [5, 5.41) is 2.66. The molecule has 0 aliphatic rings. The highest BCUT2D eigenvalue weighted by molar-refractivity contribution is 6.54. The lowest BCUT2D eigenvalue weighted by molar-refractivity contribution is 0.823. The van der Waals surface area contributed by atoms with Crippen molar-refractivity contribution in [3.8, 4) is 0 Å². The van der Waals surface area contributed by atoms with E-state index in [1.165, 1.54) is 27.3 Å². The van der Waals surface area contributed by atoms with Crippen molar-refractivity contribution in [2.45, 2.75) is 0 Å². The molecule has 0 aliphatic heterocycles. The van der Waals surface area contributed by atoms with Gasteiger partial charge in [0, 0.05) is 21.8 Å². The quantitative estimate of drug-likeness (QED) is 0.504. The largest absolute Gasteiger partial charge is 0.412 e. The normalized spacial score (nSPS) is 10.0. The number of benzene rings is 3. The lowest BCUT2D eigenvalue weighted by Crippen LogP contribution is -2.21. The second-order valence-corrected chi connectivity index (χ2v) is 5.11. The molecule has 0 radical (unpaired) electrons. The smallest absolute Gasteiger partial charge is 0.275 e. The molecule has 0 atom stereocenters. The highest BCUT2D eigenvalue weighted by Crippen LogP contribution is 2.27. The second-order valence-electron chi connectivity index (χ2n) is 5.11. The first-order valence-corrected chi connectivity index (χ1v) is 6.93. The predicted molar refractivity (Wildman–Crippen MR) is 95.3 cm³/mol. The average Bonchev–Trinajstić information content (AvgIpc) is 2.84. The van der Waals surface area contributed by atoms with Crippen molar-refractivity contribution < 1.29 is 11.0 Å². The van der Waals surface area contributed by atoms with E-state index in [1.807, 2.05) is 0 Å². The molecule has 1 aromatic heterocycles. The number of hydrogen-bond donors (Lipinski definition) is 0. The van der Waals surface area contributed by atoms with Crippen molar-refractivity contribution in [1.29, 1.82) is 0 Å². The standard InChI is InChI=1S/C18H14BN.2H2O/c1-2-8-14(9-3-1)19-20-17-12-6-4-10-15(17)16-11-5-7-13-18(16)20;;/h1-13,19H;2*1H2. The van der Waals surface area contributed by atoms with Gasteiger partial charge in [0.25, 0.3) is 7.41 Å². The summed E-state index contributed by atoms with van der Waals surface area (Å²) in [5.41, 5.74) is 3.94. The number of para-hydroxylation sites is 2. The minimum atomic E-state index is 0. The first-order chi connectivity index (χ1) is 9.93. The summed E-state index contributed by atoms with van der Waals surface area (Å²) in [5.74, 6) is 0. The van der Waals surface area contributed by atoms with Crippen LogP contribution in [0.5, 0.6) is 0 Å². The predicted octanol–water partition coefficient (Wildman–Crippen LogP) is 1.67. The van der Waals surface area contributed by atoms with Crippen LogP contribution in [0, 0.1) is 0 Å². The molecule has 0 aliphatic carbocycles. The maximum absolute atomic E-state index is 2.40. The van der Waals surface area contributed by atoms with Gasteiger partial charge in [-0.1, -0.05) is 72.2 Å². The van der Waals surface area contributed by atoms with Gasteiger partial charge in [-0.2, -0.15) is 0 Å². The summed E-state index contributed by atoms with van der Waals surface area (Å²) in [6, 6.07) is 27.9. The number of fused-ring (bicyclic) bond motifs is 3. The maximum atomic E-state index is 2.40. The fourth-order valence-electron chi connectivity index (χ4n) is 2.94. The monoisotopic (exact) mass is 291 g/mol. The minimum Gasteiger partial charge on any atom is -0.412 e. The summed E-state index contributed by atoms with van der Waals surface area (Å²) in [4.78, 5) is 0. The Labute approximate surface area is 129 Å². The van der Waals surface area contributed by atoms with E-state index in [0.717, 1.165) is 7.41 Å². The highest BCUT2D eigenvalue weighted by Gasteiger charge is 2.10. The molecular formula is C18H18BNO2. The van der Waals surface area contributed by atoms with E-state index in [2.05, 4.69) is 83.3 Å². The van der Waals surface area contributed by atoms with Crippen LogP contribution in [0.4, 0.5) is 0 Å². The van der Waals surface area contributed by atoms with Crippen LogP contribution >= 0.6 is 0 Å². The third-order valence-electron chi connectivity index (χ3n) is 3.86. The maximum Gasteiger partial charge on any atom is 0.275 e. The van der Waals surface area contributed by atoms with Gasteiger partial charge >= 0.3 is 0 Å². The Morgan fingerprint density at radius 3 is 1.55 bits per heavy atom. The molecular weight excluding hydrogens is 273 g/mol. The van der Waals surface area contributed by atoms with Gasteiger partial charge in [0.05, 0.1) is 0 Å². The van der Waals surface area contributed by atoms with Gasteiger partial charge < -0.3 is 15.4 Å². The SMILES string of the molecule is B(c1ccccc1)n1c2ccccc2c2ccccc21.O.O. The van der Waals surface area contributed by atoms with Crippen molar-refractivity contribution in [2.75, 3.05) is 0 Å². The number of hydrogen-bond acceptors (Lipinski definition) is 0. The van der Waals surface area contributed by atoms with Gasteiger partial charge in [0.2, 0.25) is 0 Å². The fraction of sp³-hybridized carbons (Fsp3) is 0. The Bertz CT molecular complexity index is 834. The van der Waals surface area contributed by atoms with E-state index < -0.39 is 0 Å². The van der Waals surface area contributed by atoms with E-state index in [-0.39, 0.29) is 11.0 Å². The molecule has 0 amide bonds. The molecule has 3 aromatic carbocycles. The van der Waals surface area contributed by atoms with Crippen LogP contribution in [0.2, 0.25) is 0 Å². The molecule has 1 heterocycles. The van der Waals surface area contributed by atoms with Crippen LogP contribution in [-0.4, -0.2) is 22.8 Å². The van der Waals surface area contributed by atoms with E-state index in [0.29, 0.717) is 0 Å². The highest BCUT2D eigenvalue weighted by atomic mass is 16.0. The van der Waals surface area contributed by atoms with Crippen LogP contribution in [0.15, 0.2) is 78.9 Å². The number of aromatic nitrogens is 1. The third kappa shape index (κ3) is 2.50. The van der Waals surface area contributed by atoms with Gasteiger partial charge in [-0.15, -0.1) is 0 Å². The Balaban J connectivity index is 0.000000882. The molecule has 0 unspecified atom stereocenters. The second kappa shape index (κ2) is 6.47. The van der Waals surface area contributed by atoms with Crippen molar-refractivity contribution in [2.24, 2.45) is 0 Å². The molecule has 4 N–H and O–H groups in total. The summed E-state index contributed by atoms with van der Waals surface area (Å²) >= 11 is 0. The van der Waals surface area contributed by atoms with E-state index in [9.17, 15) is 0 Å². The van der Waals surface area contributed by atoms with Crippen molar-refractivity contribution in [1.82, 2.24) is 4.48 Å². The molecule has 0 saturated heterocycles. The summed E-state index contributed by atoms with van der Waals surface area (Å²) < 4.78 is 2.40. The van der Waals surface area contributed by atoms with Gasteiger partial charge in [0.15, 0.2) is 0 Å². The Hall–Kier alpha value is -2.56. The van der Waals surface area contributed by atoms with Crippen LogP contribution < -0.4 is 5.46 Å². The van der Waals surface area contributed by atoms with Crippen LogP contribution in [-0.2, 0) is 0 Å². The first-order valence-electron chi connectivity index (χ1n) is 6.93. The topological polar surface area (TPSA) is 67.9 Å². The zero-order valence-corrected chi connectivity index (χ0v) is 12.2. The molecule has 3 nitrogen and oxygen atoms in total. The van der Waals surface area contributed by atoms with E-state index >= 15 is 0 Å². The Morgan fingerprint density at radius 1 is 0.545 bits per heavy atom. The third-order valence-corrected chi connectivity index (χ3v) is 3.86. The van der Waals surface area contributed by atoms with Crippen LogP contribution in [0.3, 0.4) is 0 Å². The Kier molecular flexibility index (Phi) is 4.66. The molecule has 0 fully saturated rings. The van der Waals surface area contributed by atoms with Crippen LogP contribution in [0.25, 0.3) is 21.8 Å². The minimum absolute atomic E-state index is 0. The molecule has 4 aromatic rings. The average molecular weight is 291 g/mol. The van der Waals surface area contributed by atoms with E-state index in [1.54, 1.807) is 0 Å². The molecule has 110 valence electrons. The van der Waals surface area contributed by atoms with Crippen molar-refractivity contribution in [3.05, 3.63) is 78.9 Å². The summed E-state index contributed by atoms with van der Waals surface area (Å²) in [6.07, 6.45) is 0. The van der Waals surface area contributed by atoms with Gasteiger partial charge in [-0.3, -0.25) is 0 Å². The lowest BCUT2D eigenvalue weighted by Gasteiger charge is -2.05. The molecule has 0 spiro atoms. The molecule has 4 heteroatoms. The van der Waals surface area contributed by atoms with Crippen molar-refractivity contribution in [3.63, 3.8) is 0 Å². The van der Waals surface area contributed by atoms with Gasteiger partial charge in [-0.05, 0) is 12.1 Å². The Morgan fingerprint density at radius 2 is 1.00 bits per heavy atom. The summed E-state index contributed by atoms with van der Waals surface area (Å²) in [6.45, 7) is 0. The number of rotatable bonds is 2. The van der Waals surface area contributed by atoms with Crippen molar-refractivity contribution >= 4 is 34.7 Å². The van der Waals surface area contributed by atoms with Gasteiger partial charge in [0.1, 0.15) is 0 Å². The molecule has 0 saturated carbocycles. The molecule has 0 bridgehead atoms. The molecule has 4 rings (SSSR count). The first kappa shape index (κ1) is 15.8.